The van der Waals surface area contributed by atoms with Crippen molar-refractivity contribution < 1.29 is 57.0 Å². The summed E-state index contributed by atoms with van der Waals surface area (Å²) in [6.45, 7) is 8.28. The molecular formula is C21H40I2N2S. The summed E-state index contributed by atoms with van der Waals surface area (Å²) in [7, 11) is 4.75. The van der Waals surface area contributed by atoms with Gasteiger partial charge < -0.3 is 52.4 Å². The molecule has 0 aliphatic carbocycles. The van der Waals surface area contributed by atoms with Crippen LogP contribution >= 0.6 is 11.8 Å². The van der Waals surface area contributed by atoms with E-state index < -0.39 is 0 Å². The lowest BCUT2D eigenvalue weighted by atomic mass is 10.2. The van der Waals surface area contributed by atoms with E-state index in [1.165, 1.54) is 75.1 Å². The number of unbranched alkanes of at least 4 members (excludes halogenated alkanes) is 6. The van der Waals surface area contributed by atoms with E-state index in [9.17, 15) is 0 Å². The SMILES string of the molecule is CCCCCC[n+]1ccc(SCC[N+](C)(C)CCCCCC)cc1.[I-].[I-]. The Hall–Kier alpha value is 0.920. The van der Waals surface area contributed by atoms with Gasteiger partial charge in [-0.05, 0) is 19.3 Å². The third-order valence-corrected chi connectivity index (χ3v) is 5.70. The maximum absolute atomic E-state index is 2.38. The molecule has 154 valence electrons. The van der Waals surface area contributed by atoms with Gasteiger partial charge in [0, 0.05) is 29.2 Å². The number of nitrogens with zero attached hydrogens (tertiary/aromatic N) is 2. The predicted molar refractivity (Wildman–Crippen MR) is 107 cm³/mol. The van der Waals surface area contributed by atoms with Gasteiger partial charge in [-0.25, -0.2) is 4.57 Å². The Morgan fingerprint density at radius 2 is 1.38 bits per heavy atom. The minimum Gasteiger partial charge on any atom is -1.00 e. The Labute approximate surface area is 201 Å². The van der Waals surface area contributed by atoms with Gasteiger partial charge in [-0.1, -0.05) is 39.5 Å². The molecule has 0 fully saturated rings. The molecule has 26 heavy (non-hydrogen) atoms. The van der Waals surface area contributed by atoms with Gasteiger partial charge in [0.15, 0.2) is 12.4 Å². The monoisotopic (exact) mass is 606 g/mol. The number of aromatic nitrogens is 1. The van der Waals surface area contributed by atoms with Crippen LogP contribution in [-0.2, 0) is 6.54 Å². The lowest BCUT2D eigenvalue weighted by Gasteiger charge is -2.29. The van der Waals surface area contributed by atoms with Crippen molar-refractivity contribution in [3.05, 3.63) is 24.5 Å². The van der Waals surface area contributed by atoms with Crippen LogP contribution in [0.2, 0.25) is 0 Å². The molecule has 0 saturated heterocycles. The summed E-state index contributed by atoms with van der Waals surface area (Å²) in [5, 5.41) is 0. The van der Waals surface area contributed by atoms with Crippen LogP contribution in [0.1, 0.15) is 65.2 Å². The van der Waals surface area contributed by atoms with Gasteiger partial charge in [0.2, 0.25) is 0 Å². The highest BCUT2D eigenvalue weighted by Gasteiger charge is 2.14. The van der Waals surface area contributed by atoms with Gasteiger partial charge in [0.1, 0.15) is 6.54 Å². The first-order valence-corrected chi connectivity index (χ1v) is 11.0. The van der Waals surface area contributed by atoms with Gasteiger partial charge in [-0.2, -0.15) is 0 Å². The van der Waals surface area contributed by atoms with Gasteiger partial charge in [-0.15, -0.1) is 11.8 Å². The summed E-state index contributed by atoms with van der Waals surface area (Å²) < 4.78 is 3.48. The van der Waals surface area contributed by atoms with E-state index in [1.807, 2.05) is 11.8 Å². The number of aryl methyl sites for hydroxylation is 1. The lowest BCUT2D eigenvalue weighted by molar-refractivity contribution is -0.888. The summed E-state index contributed by atoms with van der Waals surface area (Å²) in [4.78, 5) is 1.41. The molecule has 0 aliphatic rings. The lowest BCUT2D eigenvalue weighted by Crippen LogP contribution is -3.00. The smallest absolute Gasteiger partial charge is 0.169 e. The van der Waals surface area contributed by atoms with Crippen LogP contribution in [0, 0.1) is 0 Å². The molecule has 0 atom stereocenters. The maximum Gasteiger partial charge on any atom is 0.169 e. The highest BCUT2D eigenvalue weighted by atomic mass is 127. The van der Waals surface area contributed by atoms with E-state index in [0.29, 0.717) is 0 Å². The Bertz CT molecular complexity index is 425. The quantitative estimate of drug-likeness (QED) is 0.0893. The van der Waals surface area contributed by atoms with Crippen LogP contribution in [0.3, 0.4) is 0 Å². The molecule has 0 radical (unpaired) electrons. The first-order chi connectivity index (χ1) is 11.6. The van der Waals surface area contributed by atoms with Crippen molar-refractivity contribution in [3.63, 3.8) is 0 Å². The molecule has 0 spiro atoms. The second kappa shape index (κ2) is 18.0. The zero-order valence-corrected chi connectivity index (χ0v) is 22.5. The average Bonchev–Trinajstić information content (AvgIpc) is 2.57. The van der Waals surface area contributed by atoms with Gasteiger partial charge in [0.05, 0.1) is 27.2 Å². The molecule has 0 aromatic carbocycles. The van der Waals surface area contributed by atoms with Crippen LogP contribution < -0.4 is 52.5 Å². The molecule has 0 aliphatic heterocycles. The number of hydrogen-bond donors (Lipinski definition) is 0. The van der Waals surface area contributed by atoms with Crippen LogP contribution in [0.4, 0.5) is 0 Å². The van der Waals surface area contributed by atoms with Crippen molar-refractivity contribution in [3.8, 4) is 0 Å². The summed E-state index contributed by atoms with van der Waals surface area (Å²) >= 11 is 2.00. The minimum atomic E-state index is 0. The van der Waals surface area contributed by atoms with E-state index in [2.05, 4.69) is 57.0 Å². The molecule has 0 N–H and O–H groups in total. The van der Waals surface area contributed by atoms with Crippen LogP contribution in [0.15, 0.2) is 29.4 Å². The number of thioether (sulfide) groups is 1. The third-order valence-electron chi connectivity index (χ3n) is 4.71. The van der Waals surface area contributed by atoms with Gasteiger partial charge in [-0.3, -0.25) is 0 Å². The van der Waals surface area contributed by atoms with Crippen molar-refractivity contribution in [2.45, 2.75) is 76.7 Å². The summed E-state index contributed by atoms with van der Waals surface area (Å²) in [5.74, 6) is 1.21. The molecule has 0 bridgehead atoms. The summed E-state index contributed by atoms with van der Waals surface area (Å²) in [6.07, 6.45) is 15.3. The molecule has 0 amide bonds. The minimum absolute atomic E-state index is 0. The Balaban J connectivity index is 0. The molecule has 1 rings (SSSR count). The highest BCUT2D eigenvalue weighted by molar-refractivity contribution is 7.99. The van der Waals surface area contributed by atoms with Crippen molar-refractivity contribution in [2.75, 3.05) is 32.9 Å². The van der Waals surface area contributed by atoms with E-state index in [4.69, 9.17) is 0 Å². The van der Waals surface area contributed by atoms with E-state index >= 15 is 0 Å². The van der Waals surface area contributed by atoms with Crippen LogP contribution in [0.25, 0.3) is 0 Å². The van der Waals surface area contributed by atoms with Crippen LogP contribution in [-0.4, -0.2) is 37.4 Å². The predicted octanol–water partition coefficient (Wildman–Crippen LogP) is -0.689. The fraction of sp³-hybridized carbons (Fsp3) is 0.762. The first kappa shape index (κ1) is 29.1. The number of quaternary nitrogens is 1. The molecule has 1 heterocycles. The van der Waals surface area contributed by atoms with Gasteiger partial charge >= 0.3 is 0 Å². The second-order valence-corrected chi connectivity index (χ2v) is 8.79. The Kier molecular flexibility index (Phi) is 20.1. The third kappa shape index (κ3) is 14.9. The Morgan fingerprint density at radius 3 is 1.96 bits per heavy atom. The average molecular weight is 606 g/mol. The van der Waals surface area contributed by atoms with Crippen LogP contribution in [0.5, 0.6) is 0 Å². The van der Waals surface area contributed by atoms with E-state index in [1.54, 1.807) is 0 Å². The molecular weight excluding hydrogens is 566 g/mol. The fourth-order valence-electron chi connectivity index (χ4n) is 2.90. The molecule has 5 heteroatoms. The van der Waals surface area contributed by atoms with Crippen molar-refractivity contribution in [2.24, 2.45) is 0 Å². The Morgan fingerprint density at radius 1 is 0.808 bits per heavy atom. The fourth-order valence-corrected chi connectivity index (χ4v) is 4.03. The number of rotatable bonds is 14. The van der Waals surface area contributed by atoms with Crippen molar-refractivity contribution >= 4 is 11.8 Å². The zero-order valence-electron chi connectivity index (χ0n) is 17.4. The summed E-state index contributed by atoms with van der Waals surface area (Å²) in [5.41, 5.74) is 0. The van der Waals surface area contributed by atoms with E-state index in [0.717, 1.165) is 11.0 Å². The van der Waals surface area contributed by atoms with Gasteiger partial charge in [0.25, 0.3) is 0 Å². The highest BCUT2D eigenvalue weighted by Crippen LogP contribution is 2.17. The molecule has 1 aromatic heterocycles. The molecule has 1 aromatic rings. The maximum atomic E-state index is 2.38. The molecule has 2 nitrogen and oxygen atoms in total. The van der Waals surface area contributed by atoms with Crippen molar-refractivity contribution in [1.29, 1.82) is 0 Å². The largest absolute Gasteiger partial charge is 1.00 e. The number of pyridine rings is 1. The molecule has 0 unspecified atom stereocenters. The zero-order chi connectivity index (χ0) is 17.7. The standard InChI is InChI=1S/C21H40N2S.2HI/c1-5-7-9-11-15-22-16-13-21(14-17-22)24-20-19-23(3,4)18-12-10-8-6-2;;/h13-14,16-17H,5-12,15,18-20H2,1-4H3;2*1H/q+2;;/p-2. The summed E-state index contributed by atoms with van der Waals surface area (Å²) in [6, 6.07) is 4.57. The topological polar surface area (TPSA) is 3.88 Å². The number of hydrogen-bond acceptors (Lipinski definition) is 1. The van der Waals surface area contributed by atoms with E-state index in [-0.39, 0.29) is 48.0 Å². The number of halogens is 2. The molecule has 0 saturated carbocycles. The normalized spacial score (nSPS) is 10.9. The first-order valence-electron chi connectivity index (χ1n) is 10.0. The van der Waals surface area contributed by atoms with Crippen molar-refractivity contribution in [1.82, 2.24) is 0 Å². The second-order valence-electron chi connectivity index (χ2n) is 7.62.